The number of nitrogens with one attached hydrogen (secondary N) is 1. The zero-order chi connectivity index (χ0) is 13.6. The number of carbonyl (C=O) groups excluding carboxylic acids is 2. The van der Waals surface area contributed by atoms with Crippen LogP contribution in [-0.4, -0.2) is 35.8 Å². The zero-order valence-electron chi connectivity index (χ0n) is 12.0. The van der Waals surface area contributed by atoms with Crippen molar-refractivity contribution in [3.63, 3.8) is 0 Å². The van der Waals surface area contributed by atoms with Crippen molar-refractivity contribution in [3.8, 4) is 0 Å². The van der Waals surface area contributed by atoms with Crippen molar-refractivity contribution < 1.29 is 9.59 Å². The normalized spacial score (nSPS) is 17.8. The largest absolute Gasteiger partial charge is 0.338 e. The Morgan fingerprint density at radius 2 is 1.88 bits per heavy atom. The Labute approximate surface area is 105 Å². The fraction of sp³-hybridized carbons (Fsp3) is 0.846. The van der Waals surface area contributed by atoms with Gasteiger partial charge in [0, 0.05) is 13.1 Å². The predicted octanol–water partition coefficient (Wildman–Crippen LogP) is 2.43. The molecule has 4 heteroatoms. The number of carbonyl (C=O) groups is 2. The van der Waals surface area contributed by atoms with Gasteiger partial charge >= 0.3 is 6.03 Å². The molecule has 0 radical (unpaired) electrons. The lowest BCUT2D eigenvalue weighted by Crippen LogP contribution is -2.57. The van der Waals surface area contributed by atoms with E-state index in [2.05, 4.69) is 5.32 Å². The van der Waals surface area contributed by atoms with Crippen LogP contribution in [0.1, 0.15) is 48.0 Å². The lowest BCUT2D eigenvalue weighted by Gasteiger charge is -2.40. The second-order valence-electron chi connectivity index (χ2n) is 5.16. The van der Waals surface area contributed by atoms with Crippen LogP contribution in [-0.2, 0) is 4.79 Å². The molecule has 0 aromatic heterocycles. The summed E-state index contributed by atoms with van der Waals surface area (Å²) in [4.78, 5) is 24.9. The van der Waals surface area contributed by atoms with Crippen molar-refractivity contribution >= 4 is 11.8 Å². The maximum atomic E-state index is 11.6. The van der Waals surface area contributed by atoms with Gasteiger partial charge in [-0.1, -0.05) is 34.6 Å². The van der Waals surface area contributed by atoms with E-state index >= 15 is 0 Å². The molecule has 0 saturated carbocycles. The van der Waals surface area contributed by atoms with Crippen molar-refractivity contribution in [3.05, 3.63) is 0 Å². The minimum atomic E-state index is -0.321. The topological polar surface area (TPSA) is 49.4 Å². The monoisotopic (exact) mass is 242 g/mol. The molecule has 1 saturated heterocycles. The summed E-state index contributed by atoms with van der Waals surface area (Å²) in [6.07, 6.45) is 0.908. The summed E-state index contributed by atoms with van der Waals surface area (Å²) >= 11 is 0. The molecule has 0 aromatic rings. The molecular weight excluding hydrogens is 216 g/mol. The highest BCUT2D eigenvalue weighted by molar-refractivity contribution is 5.87. The number of rotatable bonds is 2. The lowest BCUT2D eigenvalue weighted by molar-refractivity contribution is -0.124. The van der Waals surface area contributed by atoms with Gasteiger partial charge in [0.15, 0.2) is 5.78 Å². The number of hydrogen-bond acceptors (Lipinski definition) is 2. The second kappa shape index (κ2) is 6.62. The minimum absolute atomic E-state index is 0.0551. The molecule has 4 nitrogen and oxygen atoms in total. The molecule has 1 rings (SSSR count). The molecule has 0 aromatic carbocycles. The van der Waals surface area contributed by atoms with Crippen LogP contribution >= 0.6 is 0 Å². The maximum Gasteiger partial charge on any atom is 0.318 e. The number of amides is 2. The standard InChI is InChI=1S/C11H20N2O2.C2H6/c1-8(14)9(11(2,3)4)13-7-5-6-12-10(13)15;1-2/h9H,5-7H2,1-4H3,(H,12,15);1-2H3. The number of nitrogens with zero attached hydrogens (tertiary/aromatic N) is 1. The zero-order valence-corrected chi connectivity index (χ0v) is 12.0. The summed E-state index contributed by atoms with van der Waals surface area (Å²) < 4.78 is 0. The van der Waals surface area contributed by atoms with E-state index in [1.54, 1.807) is 11.8 Å². The number of hydrogen-bond donors (Lipinski definition) is 1. The van der Waals surface area contributed by atoms with Crippen LogP contribution in [0.15, 0.2) is 0 Å². The third-order valence-electron chi connectivity index (χ3n) is 2.63. The average Bonchev–Trinajstić information content (AvgIpc) is 2.22. The molecule has 1 heterocycles. The molecule has 1 aliphatic rings. The average molecular weight is 242 g/mol. The first-order valence-electron chi connectivity index (χ1n) is 6.39. The van der Waals surface area contributed by atoms with E-state index in [4.69, 9.17) is 0 Å². The summed E-state index contributed by atoms with van der Waals surface area (Å²) in [6.45, 7) is 12.9. The SMILES string of the molecule is CC.CC(=O)C(N1CCCNC1=O)C(C)(C)C. The Balaban J connectivity index is 0.00000121. The van der Waals surface area contributed by atoms with E-state index < -0.39 is 0 Å². The van der Waals surface area contributed by atoms with Gasteiger partial charge in [-0.2, -0.15) is 0 Å². The summed E-state index contributed by atoms with van der Waals surface area (Å²) in [6, 6.07) is -0.436. The van der Waals surface area contributed by atoms with Crippen LogP contribution < -0.4 is 5.32 Å². The third kappa shape index (κ3) is 4.36. The first-order chi connectivity index (χ1) is 7.84. The van der Waals surface area contributed by atoms with E-state index in [1.807, 2.05) is 34.6 Å². The Morgan fingerprint density at radius 3 is 2.24 bits per heavy atom. The quantitative estimate of drug-likeness (QED) is 0.808. The Morgan fingerprint density at radius 1 is 1.35 bits per heavy atom. The molecule has 1 aliphatic heterocycles. The lowest BCUT2D eigenvalue weighted by atomic mass is 9.83. The highest BCUT2D eigenvalue weighted by Gasteiger charge is 2.37. The highest BCUT2D eigenvalue weighted by atomic mass is 16.2. The number of ketones is 1. The Kier molecular flexibility index (Phi) is 6.21. The summed E-state index contributed by atoms with van der Waals surface area (Å²) in [7, 11) is 0. The molecule has 2 amide bonds. The van der Waals surface area contributed by atoms with Crippen LogP contribution in [0.2, 0.25) is 0 Å². The first-order valence-corrected chi connectivity index (χ1v) is 6.39. The van der Waals surface area contributed by atoms with Gasteiger partial charge in [0.2, 0.25) is 0 Å². The van der Waals surface area contributed by atoms with Gasteiger partial charge in [-0.3, -0.25) is 4.79 Å². The smallest absolute Gasteiger partial charge is 0.318 e. The Hall–Kier alpha value is -1.06. The van der Waals surface area contributed by atoms with Crippen molar-refractivity contribution in [1.82, 2.24) is 10.2 Å². The first kappa shape index (κ1) is 15.9. The summed E-state index contributed by atoms with van der Waals surface area (Å²) in [5, 5.41) is 2.77. The molecule has 17 heavy (non-hydrogen) atoms. The molecule has 0 aliphatic carbocycles. The molecule has 1 N–H and O–H groups in total. The van der Waals surface area contributed by atoms with Gasteiger partial charge in [0.05, 0.1) is 6.04 Å². The third-order valence-corrected chi connectivity index (χ3v) is 2.63. The fourth-order valence-electron chi connectivity index (χ4n) is 2.19. The van der Waals surface area contributed by atoms with Gasteiger partial charge in [0.1, 0.15) is 0 Å². The van der Waals surface area contributed by atoms with Crippen LogP contribution in [0, 0.1) is 5.41 Å². The molecule has 1 atom stereocenters. The maximum absolute atomic E-state index is 11.6. The molecule has 1 fully saturated rings. The van der Waals surface area contributed by atoms with Gasteiger partial charge in [-0.15, -0.1) is 0 Å². The molecule has 1 unspecified atom stereocenters. The molecular formula is C13H26N2O2. The predicted molar refractivity (Wildman–Crippen MR) is 70.0 cm³/mol. The van der Waals surface area contributed by atoms with Crippen LogP contribution in [0.5, 0.6) is 0 Å². The number of Topliss-reactive ketones (excluding diaryl/α,β-unsaturated/α-hetero) is 1. The highest BCUT2D eigenvalue weighted by Crippen LogP contribution is 2.26. The minimum Gasteiger partial charge on any atom is -0.338 e. The van der Waals surface area contributed by atoms with Gasteiger partial charge < -0.3 is 10.2 Å². The molecule has 0 bridgehead atoms. The van der Waals surface area contributed by atoms with Crippen LogP contribution in [0.3, 0.4) is 0 Å². The fourth-order valence-corrected chi connectivity index (χ4v) is 2.19. The van der Waals surface area contributed by atoms with E-state index in [0.717, 1.165) is 6.42 Å². The van der Waals surface area contributed by atoms with Gasteiger partial charge in [0.25, 0.3) is 0 Å². The van der Waals surface area contributed by atoms with Crippen molar-refractivity contribution in [2.24, 2.45) is 5.41 Å². The van der Waals surface area contributed by atoms with E-state index in [1.165, 1.54) is 0 Å². The Bertz CT molecular complexity index is 269. The van der Waals surface area contributed by atoms with Gasteiger partial charge in [-0.05, 0) is 18.8 Å². The van der Waals surface area contributed by atoms with Crippen molar-refractivity contribution in [2.45, 2.75) is 54.0 Å². The number of urea groups is 1. The summed E-state index contributed by atoms with van der Waals surface area (Å²) in [5.74, 6) is 0.0551. The summed E-state index contributed by atoms with van der Waals surface area (Å²) in [5.41, 5.74) is -0.208. The van der Waals surface area contributed by atoms with E-state index in [9.17, 15) is 9.59 Å². The van der Waals surface area contributed by atoms with E-state index in [0.29, 0.717) is 13.1 Å². The van der Waals surface area contributed by atoms with Crippen molar-refractivity contribution in [1.29, 1.82) is 0 Å². The van der Waals surface area contributed by atoms with Gasteiger partial charge in [-0.25, -0.2) is 4.79 Å². The van der Waals surface area contributed by atoms with E-state index in [-0.39, 0.29) is 23.3 Å². The molecule has 0 spiro atoms. The van der Waals surface area contributed by atoms with Crippen LogP contribution in [0.25, 0.3) is 0 Å². The van der Waals surface area contributed by atoms with Crippen LogP contribution in [0.4, 0.5) is 4.79 Å². The molecule has 100 valence electrons. The van der Waals surface area contributed by atoms with Crippen molar-refractivity contribution in [2.75, 3.05) is 13.1 Å². The second-order valence-corrected chi connectivity index (χ2v) is 5.16.